The van der Waals surface area contributed by atoms with Crippen LogP contribution in [-0.2, 0) is 5.75 Å². The fraction of sp³-hybridized carbons (Fsp3) is 0.238. The van der Waals surface area contributed by atoms with Crippen LogP contribution in [0.1, 0.15) is 25.5 Å². The first-order chi connectivity index (χ1) is 13.2. The minimum atomic E-state index is 0.279. The Balaban J connectivity index is 1.66. The Bertz CT molecular complexity index is 1070. The Kier molecular flexibility index (Phi) is 5.18. The fourth-order valence-electron chi connectivity index (χ4n) is 3.09. The summed E-state index contributed by atoms with van der Waals surface area (Å²) in [5, 5.41) is 13.4. The van der Waals surface area contributed by atoms with E-state index < -0.39 is 0 Å². The molecule has 138 valence electrons. The first-order valence-electron chi connectivity index (χ1n) is 8.84. The maximum atomic E-state index is 5.32. The van der Waals surface area contributed by atoms with E-state index in [2.05, 4.69) is 70.4 Å². The van der Waals surface area contributed by atoms with Gasteiger partial charge in [0, 0.05) is 32.8 Å². The van der Waals surface area contributed by atoms with Gasteiger partial charge in [-0.25, -0.2) is 0 Å². The summed E-state index contributed by atoms with van der Waals surface area (Å²) in [6, 6.07) is 16.9. The zero-order chi connectivity index (χ0) is 18.8. The van der Waals surface area contributed by atoms with Gasteiger partial charge in [-0.3, -0.25) is 4.57 Å². The second kappa shape index (κ2) is 7.74. The van der Waals surface area contributed by atoms with Crippen LogP contribution in [-0.4, -0.2) is 21.9 Å². The quantitative estimate of drug-likeness (QED) is 0.373. The zero-order valence-corrected chi connectivity index (χ0v) is 17.2. The molecule has 0 aliphatic heterocycles. The first-order valence-corrected chi connectivity index (χ1v) is 10.7. The highest BCUT2D eigenvalue weighted by molar-refractivity contribution is 7.98. The van der Waals surface area contributed by atoms with E-state index in [9.17, 15) is 0 Å². The molecular weight excluding hydrogens is 374 g/mol. The van der Waals surface area contributed by atoms with Crippen molar-refractivity contribution in [2.75, 3.05) is 7.11 Å². The Labute approximate surface area is 167 Å². The number of hydrogen-bond donors (Lipinski definition) is 0. The lowest BCUT2D eigenvalue weighted by Crippen LogP contribution is -2.05. The van der Waals surface area contributed by atoms with Crippen molar-refractivity contribution in [2.45, 2.75) is 30.8 Å². The average molecular weight is 396 g/mol. The van der Waals surface area contributed by atoms with Gasteiger partial charge in [0.15, 0.2) is 11.0 Å². The van der Waals surface area contributed by atoms with E-state index in [0.717, 1.165) is 28.0 Å². The zero-order valence-electron chi connectivity index (χ0n) is 15.5. The second-order valence-corrected chi connectivity index (χ2v) is 8.41. The summed E-state index contributed by atoms with van der Waals surface area (Å²) in [5.74, 6) is 2.64. The summed E-state index contributed by atoms with van der Waals surface area (Å²) < 4.78 is 8.83. The average Bonchev–Trinajstić information content (AvgIpc) is 3.30. The van der Waals surface area contributed by atoms with Crippen LogP contribution in [0.25, 0.3) is 21.5 Å². The minimum absolute atomic E-state index is 0.279. The number of methoxy groups -OCH3 is 1. The Morgan fingerprint density at radius 3 is 2.78 bits per heavy atom. The molecule has 6 heteroatoms. The number of thiophene rings is 1. The normalized spacial score (nSPS) is 11.4. The number of thioether (sulfide) groups is 1. The van der Waals surface area contributed by atoms with Crippen molar-refractivity contribution in [1.82, 2.24) is 14.8 Å². The molecule has 4 aromatic rings. The molecule has 0 spiro atoms. The largest absolute Gasteiger partial charge is 0.497 e. The monoisotopic (exact) mass is 395 g/mol. The maximum Gasteiger partial charge on any atom is 0.192 e. The van der Waals surface area contributed by atoms with Gasteiger partial charge in [0.05, 0.1) is 7.11 Å². The Morgan fingerprint density at radius 2 is 1.96 bits per heavy atom. The summed E-state index contributed by atoms with van der Waals surface area (Å²) in [6.45, 7) is 4.36. The molecule has 0 atom stereocenters. The maximum absolute atomic E-state index is 5.32. The second-order valence-electron chi connectivity index (χ2n) is 6.56. The van der Waals surface area contributed by atoms with E-state index in [1.54, 1.807) is 30.2 Å². The molecule has 0 aliphatic rings. The van der Waals surface area contributed by atoms with E-state index in [1.807, 2.05) is 12.1 Å². The highest BCUT2D eigenvalue weighted by Crippen LogP contribution is 2.36. The molecule has 4 nitrogen and oxygen atoms in total. The summed E-state index contributed by atoms with van der Waals surface area (Å²) in [6.07, 6.45) is 0. The van der Waals surface area contributed by atoms with Crippen LogP contribution in [0.4, 0.5) is 0 Å². The van der Waals surface area contributed by atoms with Crippen LogP contribution >= 0.6 is 23.1 Å². The van der Waals surface area contributed by atoms with Gasteiger partial charge in [0.25, 0.3) is 0 Å². The SMILES string of the molecule is COc1cccc(CSc2nnc(-c3csc4ccccc34)n2C(C)C)c1. The van der Waals surface area contributed by atoms with Crippen molar-refractivity contribution in [3.05, 3.63) is 59.5 Å². The first kappa shape index (κ1) is 18.1. The third-order valence-corrected chi connectivity index (χ3v) is 6.38. The molecule has 0 amide bonds. The van der Waals surface area contributed by atoms with Crippen LogP contribution in [0.3, 0.4) is 0 Å². The van der Waals surface area contributed by atoms with Crippen molar-refractivity contribution in [2.24, 2.45) is 0 Å². The van der Waals surface area contributed by atoms with Crippen LogP contribution in [0, 0.1) is 0 Å². The number of ether oxygens (including phenoxy) is 1. The topological polar surface area (TPSA) is 39.9 Å². The van der Waals surface area contributed by atoms with Gasteiger partial charge in [0.1, 0.15) is 5.75 Å². The Morgan fingerprint density at radius 1 is 1.11 bits per heavy atom. The molecule has 2 heterocycles. The number of aromatic nitrogens is 3. The number of fused-ring (bicyclic) bond motifs is 1. The van der Waals surface area contributed by atoms with Gasteiger partial charge in [-0.05, 0) is 37.6 Å². The Hall–Kier alpha value is -2.31. The van der Waals surface area contributed by atoms with Crippen molar-refractivity contribution in [1.29, 1.82) is 0 Å². The molecule has 0 saturated carbocycles. The lowest BCUT2D eigenvalue weighted by atomic mass is 10.1. The highest BCUT2D eigenvalue weighted by Gasteiger charge is 2.19. The molecule has 0 fully saturated rings. The molecule has 0 aliphatic carbocycles. The molecule has 4 rings (SSSR count). The lowest BCUT2D eigenvalue weighted by molar-refractivity contribution is 0.414. The standard InChI is InChI=1S/C21H21N3OS2/c1-14(2)24-20(18-13-26-19-10-5-4-9-17(18)19)22-23-21(24)27-12-15-7-6-8-16(11-15)25-3/h4-11,13-14H,12H2,1-3H3. The molecule has 0 radical (unpaired) electrons. The highest BCUT2D eigenvalue weighted by atomic mass is 32.2. The van der Waals surface area contributed by atoms with Crippen molar-refractivity contribution < 1.29 is 4.74 Å². The molecule has 0 N–H and O–H groups in total. The summed E-state index contributed by atoms with van der Waals surface area (Å²) >= 11 is 3.46. The fourth-order valence-corrected chi connectivity index (χ4v) is 5.04. The smallest absolute Gasteiger partial charge is 0.192 e. The van der Waals surface area contributed by atoms with E-state index in [0.29, 0.717) is 0 Å². The van der Waals surface area contributed by atoms with E-state index >= 15 is 0 Å². The minimum Gasteiger partial charge on any atom is -0.497 e. The van der Waals surface area contributed by atoms with Gasteiger partial charge in [0.2, 0.25) is 0 Å². The third kappa shape index (κ3) is 3.59. The van der Waals surface area contributed by atoms with Crippen molar-refractivity contribution in [3.63, 3.8) is 0 Å². The summed E-state index contributed by atoms with van der Waals surface area (Å²) in [7, 11) is 1.69. The predicted molar refractivity (Wildman–Crippen MR) is 114 cm³/mol. The van der Waals surface area contributed by atoms with Crippen molar-refractivity contribution >= 4 is 33.2 Å². The van der Waals surface area contributed by atoms with Gasteiger partial charge in [-0.1, -0.05) is 42.1 Å². The van der Waals surface area contributed by atoms with Gasteiger partial charge >= 0.3 is 0 Å². The predicted octanol–water partition coefficient (Wildman–Crippen LogP) is 6.04. The van der Waals surface area contributed by atoms with Crippen LogP contribution in [0.15, 0.2) is 59.1 Å². The van der Waals surface area contributed by atoms with Crippen molar-refractivity contribution in [3.8, 4) is 17.1 Å². The number of rotatable bonds is 6. The van der Waals surface area contributed by atoms with Crippen LogP contribution < -0.4 is 4.74 Å². The molecule has 0 saturated heterocycles. The molecule has 0 unspecified atom stereocenters. The van der Waals surface area contributed by atoms with Crippen LogP contribution in [0.5, 0.6) is 5.75 Å². The summed E-state index contributed by atoms with van der Waals surface area (Å²) in [5.41, 5.74) is 2.37. The lowest BCUT2D eigenvalue weighted by Gasteiger charge is -2.13. The van der Waals surface area contributed by atoms with E-state index in [4.69, 9.17) is 4.74 Å². The van der Waals surface area contributed by atoms with Gasteiger partial charge in [-0.2, -0.15) is 0 Å². The molecule has 2 aromatic heterocycles. The van der Waals surface area contributed by atoms with E-state index in [-0.39, 0.29) is 6.04 Å². The molecular formula is C21H21N3OS2. The number of benzene rings is 2. The molecule has 2 aromatic carbocycles. The molecule has 0 bridgehead atoms. The van der Waals surface area contributed by atoms with Crippen LogP contribution in [0.2, 0.25) is 0 Å². The van der Waals surface area contributed by atoms with Gasteiger partial charge < -0.3 is 4.74 Å². The summed E-state index contributed by atoms with van der Waals surface area (Å²) in [4.78, 5) is 0. The van der Waals surface area contributed by atoms with Gasteiger partial charge in [-0.15, -0.1) is 21.5 Å². The number of hydrogen-bond acceptors (Lipinski definition) is 5. The number of nitrogens with zero attached hydrogens (tertiary/aromatic N) is 3. The molecule has 27 heavy (non-hydrogen) atoms. The third-order valence-electron chi connectivity index (χ3n) is 4.40. The van der Waals surface area contributed by atoms with E-state index in [1.165, 1.54) is 15.6 Å².